The van der Waals surface area contributed by atoms with E-state index in [1.54, 1.807) is 6.08 Å². The van der Waals surface area contributed by atoms with Crippen molar-refractivity contribution < 1.29 is 24.2 Å². The third-order valence-electron chi connectivity index (χ3n) is 4.89. The van der Waals surface area contributed by atoms with E-state index in [1.807, 2.05) is 6.92 Å². The second-order valence-corrected chi connectivity index (χ2v) is 12.0. The number of thiol groups is 1. The Bertz CT molecular complexity index is 454. The van der Waals surface area contributed by atoms with Crippen LogP contribution in [0.5, 0.6) is 0 Å². The first kappa shape index (κ1) is 28.9. The van der Waals surface area contributed by atoms with Crippen molar-refractivity contribution in [3.63, 3.8) is 0 Å². The van der Waals surface area contributed by atoms with Crippen molar-refractivity contribution in [1.82, 2.24) is 0 Å². The number of carbonyl (C=O) groups is 1. The van der Waals surface area contributed by atoms with Crippen molar-refractivity contribution in [2.75, 3.05) is 12.4 Å². The molecule has 0 amide bonds. The molecule has 0 aromatic rings. The molecular weight excluding hydrogens is 407 g/mol. The summed E-state index contributed by atoms with van der Waals surface area (Å²) in [6, 6.07) is 0. The number of hydrogen-bond donors (Lipinski definition) is 4. The summed E-state index contributed by atoms with van der Waals surface area (Å²) in [4.78, 5) is 37.8. The Morgan fingerprint density at radius 2 is 1.10 bits per heavy atom. The lowest BCUT2D eigenvalue weighted by Crippen LogP contribution is -2.01. The van der Waals surface area contributed by atoms with Gasteiger partial charge in [0.15, 0.2) is 0 Å². The van der Waals surface area contributed by atoms with E-state index >= 15 is 0 Å². The summed E-state index contributed by atoms with van der Waals surface area (Å²) in [6.07, 6.45) is 23.1. The van der Waals surface area contributed by atoms with Gasteiger partial charge in [-0.2, -0.15) is 0 Å². The quantitative estimate of drug-likeness (QED) is 0.0615. The molecule has 3 N–H and O–H groups in total. The van der Waals surface area contributed by atoms with Crippen LogP contribution in [0.15, 0.2) is 12.2 Å². The summed E-state index contributed by atoms with van der Waals surface area (Å²) < 4.78 is 5.07. The van der Waals surface area contributed by atoms with Gasteiger partial charge in [0.25, 0.3) is 6.72 Å². The average Bonchev–Trinajstić information content (AvgIpc) is 2.65. The van der Waals surface area contributed by atoms with E-state index in [0.29, 0.717) is 23.3 Å². The fourth-order valence-electron chi connectivity index (χ4n) is 3.25. The van der Waals surface area contributed by atoms with E-state index in [-0.39, 0.29) is 5.97 Å². The lowest BCUT2D eigenvalue weighted by atomic mass is 10.0. The smallest absolute Gasteiger partial charge is 0.330 e. The van der Waals surface area contributed by atoms with Gasteiger partial charge in [-0.15, -0.1) is 10.9 Å². The molecule has 0 aromatic carbocycles. The van der Waals surface area contributed by atoms with Gasteiger partial charge in [-0.05, 0) is 25.5 Å². The van der Waals surface area contributed by atoms with Crippen molar-refractivity contribution in [2.24, 2.45) is 0 Å². The maximum atomic E-state index is 11.1. The molecule has 0 spiro atoms. The minimum atomic E-state index is -3.56. The van der Waals surface area contributed by atoms with Gasteiger partial charge in [0.05, 0.1) is 6.61 Å². The molecule has 0 aliphatic heterocycles. The maximum Gasteiger partial charge on any atom is 0.330 e. The second kappa shape index (κ2) is 21.1. The predicted octanol–water partition coefficient (Wildman–Crippen LogP) is 5.82. The normalized spacial score (nSPS) is 12.0. The number of unbranched alkanes of at least 4 members (excludes halogenated alkanes) is 15. The molecular formula is C22H45O5PS. The molecule has 0 bridgehead atoms. The van der Waals surface area contributed by atoms with Crippen molar-refractivity contribution in [1.29, 1.82) is 0 Å². The molecule has 0 aliphatic carbocycles. The molecule has 29 heavy (non-hydrogen) atoms. The third-order valence-corrected chi connectivity index (χ3v) is 7.52. The molecule has 0 heterocycles. The zero-order valence-electron chi connectivity index (χ0n) is 18.4. The van der Waals surface area contributed by atoms with Crippen molar-refractivity contribution >= 4 is 23.6 Å². The standard InChI is InChI=1S/C22H45O5PS/c1-2-19-22(23)27-20-17-15-13-11-9-7-5-3-4-6-8-10-12-14-16-18-21-29-28(24,25)26/h2,19,24-26,29H,3-18,20-21H2,1H3. The van der Waals surface area contributed by atoms with Gasteiger partial charge >= 0.3 is 5.97 Å². The number of carbonyl (C=O) groups excluding carboxylic acids is 1. The second-order valence-electron chi connectivity index (χ2n) is 7.73. The fourth-order valence-corrected chi connectivity index (χ4v) is 5.11. The Labute approximate surface area is 182 Å². The number of allylic oxidation sites excluding steroid dienone is 1. The molecule has 174 valence electrons. The lowest BCUT2D eigenvalue weighted by molar-refractivity contribution is -0.137. The molecule has 0 saturated heterocycles. The van der Waals surface area contributed by atoms with Gasteiger partial charge in [0.1, 0.15) is 0 Å². The molecule has 0 radical (unpaired) electrons. The summed E-state index contributed by atoms with van der Waals surface area (Å²) >= 11 is 0. The van der Waals surface area contributed by atoms with Gasteiger partial charge in [-0.3, -0.25) is 0 Å². The van der Waals surface area contributed by atoms with Crippen molar-refractivity contribution in [3.8, 4) is 0 Å². The van der Waals surface area contributed by atoms with Crippen LogP contribution in [0.2, 0.25) is 0 Å². The summed E-state index contributed by atoms with van der Waals surface area (Å²) in [5, 5.41) is 0. The number of hydrogen-bond acceptors (Lipinski definition) is 2. The average molecular weight is 453 g/mol. The highest BCUT2D eigenvalue weighted by atomic mass is 32.5. The third kappa shape index (κ3) is 25.8. The highest BCUT2D eigenvalue weighted by Crippen LogP contribution is 2.31. The molecule has 5 nitrogen and oxygen atoms in total. The van der Waals surface area contributed by atoms with E-state index in [9.17, 15) is 4.79 Å². The first-order valence-electron chi connectivity index (χ1n) is 11.5. The monoisotopic (exact) mass is 452 g/mol. The van der Waals surface area contributed by atoms with E-state index in [4.69, 9.17) is 19.4 Å². The largest absolute Gasteiger partial charge is 0.463 e. The lowest BCUT2D eigenvalue weighted by Gasteiger charge is -2.04. The SMILES string of the molecule is CC=CC(=O)OCCCCCCCCCCCCCCCCCC[SH]=P(O)(O)O. The fraction of sp³-hybridized carbons (Fsp3) is 0.864. The van der Waals surface area contributed by atoms with Crippen molar-refractivity contribution in [3.05, 3.63) is 12.2 Å². The van der Waals surface area contributed by atoms with Crippen LogP contribution in [0.3, 0.4) is 0 Å². The number of rotatable bonds is 20. The predicted molar refractivity (Wildman–Crippen MR) is 127 cm³/mol. The molecule has 7 heteroatoms. The molecule has 0 unspecified atom stereocenters. The number of esters is 1. The van der Waals surface area contributed by atoms with Crippen LogP contribution in [0.1, 0.15) is 110 Å². The Hall–Kier alpha value is -0.130. The molecule has 0 saturated carbocycles. The van der Waals surface area contributed by atoms with E-state index < -0.39 is 6.72 Å². The molecule has 0 aromatic heterocycles. The van der Waals surface area contributed by atoms with Gasteiger partial charge in [0.2, 0.25) is 0 Å². The number of ether oxygens (including phenoxy) is 1. The molecule has 0 aliphatic rings. The van der Waals surface area contributed by atoms with Gasteiger partial charge in [-0.1, -0.05) is 96.0 Å². The highest BCUT2D eigenvalue weighted by molar-refractivity contribution is 8.16. The molecule has 0 rings (SSSR count). The van der Waals surface area contributed by atoms with Gasteiger partial charge < -0.3 is 19.4 Å². The molecule has 0 fully saturated rings. The van der Waals surface area contributed by atoms with Crippen LogP contribution in [0, 0.1) is 0 Å². The van der Waals surface area contributed by atoms with Crippen LogP contribution in [0.4, 0.5) is 0 Å². The zero-order chi connectivity index (χ0) is 21.6. The Kier molecular flexibility index (Phi) is 21.0. The van der Waals surface area contributed by atoms with Gasteiger partial charge in [0, 0.05) is 6.08 Å². The minimum Gasteiger partial charge on any atom is -0.463 e. The minimum absolute atomic E-state index is 0.231. The van der Waals surface area contributed by atoms with Crippen LogP contribution < -0.4 is 0 Å². The van der Waals surface area contributed by atoms with Crippen LogP contribution in [-0.2, 0) is 20.5 Å². The summed E-state index contributed by atoms with van der Waals surface area (Å²) in [5.41, 5.74) is 0. The molecule has 0 atom stereocenters. The Balaban J connectivity index is 3.13. The summed E-state index contributed by atoms with van der Waals surface area (Å²) in [5.74, 6) is 0.453. The summed E-state index contributed by atoms with van der Waals surface area (Å²) in [7, 11) is 0.397. The maximum absolute atomic E-state index is 11.1. The van der Waals surface area contributed by atoms with E-state index in [0.717, 1.165) is 25.7 Å². The zero-order valence-corrected chi connectivity index (χ0v) is 20.2. The Morgan fingerprint density at radius 1 is 0.724 bits per heavy atom. The topological polar surface area (TPSA) is 87.0 Å². The van der Waals surface area contributed by atoms with Crippen molar-refractivity contribution in [2.45, 2.75) is 110 Å². The van der Waals surface area contributed by atoms with Crippen LogP contribution in [0.25, 0.3) is 0 Å². The first-order chi connectivity index (χ1) is 14.0. The van der Waals surface area contributed by atoms with E-state index in [2.05, 4.69) is 0 Å². The van der Waals surface area contributed by atoms with E-state index in [1.165, 1.54) is 83.1 Å². The highest BCUT2D eigenvalue weighted by Gasteiger charge is 1.99. The van der Waals surface area contributed by atoms with Gasteiger partial charge in [-0.25, -0.2) is 4.79 Å². The van der Waals surface area contributed by atoms with Crippen LogP contribution >= 0.6 is 6.72 Å². The summed E-state index contributed by atoms with van der Waals surface area (Å²) in [6.45, 7) is -1.20. The Morgan fingerprint density at radius 3 is 1.48 bits per heavy atom. The first-order valence-corrected chi connectivity index (χ1v) is 14.9. The van der Waals surface area contributed by atoms with Crippen LogP contribution in [-0.4, -0.2) is 33.0 Å².